The SMILES string of the molecule is Nc1cccc(CCCN2C(=O)CNC2=O)c1. The Morgan fingerprint density at radius 3 is 2.82 bits per heavy atom. The molecule has 2 rings (SSSR count). The number of benzene rings is 1. The number of nitrogen functional groups attached to an aromatic ring is 1. The number of imide groups is 1. The number of anilines is 1. The molecule has 0 spiro atoms. The number of hydrogen-bond acceptors (Lipinski definition) is 3. The van der Waals surface area contributed by atoms with Crippen molar-refractivity contribution in [3.8, 4) is 0 Å². The molecule has 0 radical (unpaired) electrons. The van der Waals surface area contributed by atoms with Crippen molar-refractivity contribution >= 4 is 17.6 Å². The Morgan fingerprint density at radius 2 is 2.18 bits per heavy atom. The summed E-state index contributed by atoms with van der Waals surface area (Å²) in [5.41, 5.74) is 7.52. The van der Waals surface area contributed by atoms with Crippen molar-refractivity contribution in [3.05, 3.63) is 29.8 Å². The molecular weight excluding hydrogens is 218 g/mol. The van der Waals surface area contributed by atoms with Crippen LogP contribution in [0.1, 0.15) is 12.0 Å². The topological polar surface area (TPSA) is 75.4 Å². The number of nitrogens with zero attached hydrogens (tertiary/aromatic N) is 1. The van der Waals surface area contributed by atoms with Gasteiger partial charge in [-0.3, -0.25) is 9.69 Å². The summed E-state index contributed by atoms with van der Waals surface area (Å²) in [5.74, 6) is -0.150. The second kappa shape index (κ2) is 4.86. The van der Waals surface area contributed by atoms with E-state index in [1.807, 2.05) is 24.3 Å². The van der Waals surface area contributed by atoms with Gasteiger partial charge < -0.3 is 11.1 Å². The Balaban J connectivity index is 1.83. The Morgan fingerprint density at radius 1 is 1.35 bits per heavy atom. The van der Waals surface area contributed by atoms with Crippen molar-refractivity contribution in [1.29, 1.82) is 0 Å². The lowest BCUT2D eigenvalue weighted by Gasteiger charge is -2.11. The Kier molecular flexibility index (Phi) is 3.27. The predicted molar refractivity (Wildman–Crippen MR) is 64.3 cm³/mol. The van der Waals surface area contributed by atoms with Crippen LogP contribution in [0.3, 0.4) is 0 Å². The summed E-state index contributed by atoms with van der Waals surface area (Å²) in [6, 6.07) is 7.34. The maximum atomic E-state index is 11.3. The van der Waals surface area contributed by atoms with E-state index in [1.54, 1.807) is 0 Å². The third kappa shape index (κ3) is 2.75. The van der Waals surface area contributed by atoms with Crippen LogP contribution in [0.4, 0.5) is 10.5 Å². The average Bonchev–Trinajstić information content (AvgIpc) is 2.61. The summed E-state index contributed by atoms with van der Waals surface area (Å²) in [4.78, 5) is 23.8. The van der Waals surface area contributed by atoms with Crippen molar-refractivity contribution in [2.45, 2.75) is 12.8 Å². The van der Waals surface area contributed by atoms with Crippen LogP contribution in [0, 0.1) is 0 Å². The predicted octanol–water partition coefficient (Wildman–Crippen LogP) is 0.753. The molecule has 1 saturated heterocycles. The lowest BCUT2D eigenvalue weighted by Crippen LogP contribution is -2.32. The third-order valence-corrected chi connectivity index (χ3v) is 2.74. The van der Waals surface area contributed by atoms with Crippen molar-refractivity contribution < 1.29 is 9.59 Å². The van der Waals surface area contributed by atoms with Crippen molar-refractivity contribution in [2.75, 3.05) is 18.8 Å². The molecule has 1 aliphatic rings. The fourth-order valence-corrected chi connectivity index (χ4v) is 1.87. The van der Waals surface area contributed by atoms with Crippen molar-refractivity contribution in [1.82, 2.24) is 10.2 Å². The van der Waals surface area contributed by atoms with Gasteiger partial charge in [0, 0.05) is 12.2 Å². The quantitative estimate of drug-likeness (QED) is 0.595. The number of aryl methyl sites for hydroxylation is 1. The van der Waals surface area contributed by atoms with E-state index in [0.29, 0.717) is 6.54 Å². The summed E-state index contributed by atoms with van der Waals surface area (Å²) in [7, 11) is 0. The molecule has 1 aliphatic heterocycles. The molecule has 0 aromatic heterocycles. The number of carbonyl (C=O) groups is 2. The van der Waals surface area contributed by atoms with Crippen molar-refractivity contribution in [3.63, 3.8) is 0 Å². The zero-order valence-corrected chi connectivity index (χ0v) is 9.48. The van der Waals surface area contributed by atoms with Crippen LogP contribution in [-0.2, 0) is 11.2 Å². The zero-order valence-electron chi connectivity index (χ0n) is 9.48. The highest BCUT2D eigenvalue weighted by Crippen LogP contribution is 2.10. The minimum absolute atomic E-state index is 0.122. The largest absolute Gasteiger partial charge is 0.399 e. The first-order valence-electron chi connectivity index (χ1n) is 5.59. The van der Waals surface area contributed by atoms with Crippen LogP contribution in [-0.4, -0.2) is 29.9 Å². The van der Waals surface area contributed by atoms with Gasteiger partial charge in [-0.15, -0.1) is 0 Å². The number of carbonyl (C=O) groups excluding carboxylic acids is 2. The molecule has 0 atom stereocenters. The molecule has 1 heterocycles. The van der Waals surface area contributed by atoms with Crippen LogP contribution in [0.5, 0.6) is 0 Å². The highest BCUT2D eigenvalue weighted by atomic mass is 16.2. The van der Waals surface area contributed by atoms with Crippen LogP contribution in [0.2, 0.25) is 0 Å². The van der Waals surface area contributed by atoms with E-state index in [2.05, 4.69) is 5.32 Å². The normalized spacial score (nSPS) is 15.2. The zero-order chi connectivity index (χ0) is 12.3. The van der Waals surface area contributed by atoms with E-state index in [9.17, 15) is 9.59 Å². The minimum atomic E-state index is -0.289. The Labute approximate surface area is 99.6 Å². The van der Waals surface area contributed by atoms with Gasteiger partial charge in [0.2, 0.25) is 5.91 Å². The van der Waals surface area contributed by atoms with Crippen LogP contribution >= 0.6 is 0 Å². The van der Waals surface area contributed by atoms with Gasteiger partial charge in [0.1, 0.15) is 0 Å². The molecule has 0 unspecified atom stereocenters. The number of hydrogen-bond donors (Lipinski definition) is 2. The second-order valence-electron chi connectivity index (χ2n) is 4.05. The summed E-state index contributed by atoms with van der Waals surface area (Å²) >= 11 is 0. The molecule has 1 fully saturated rings. The maximum absolute atomic E-state index is 11.3. The van der Waals surface area contributed by atoms with E-state index >= 15 is 0 Å². The molecule has 1 aromatic rings. The lowest BCUT2D eigenvalue weighted by atomic mass is 10.1. The Hall–Kier alpha value is -2.04. The van der Waals surface area contributed by atoms with Gasteiger partial charge in [0.15, 0.2) is 0 Å². The average molecular weight is 233 g/mol. The highest BCUT2D eigenvalue weighted by molar-refractivity contribution is 6.01. The molecular formula is C12H15N3O2. The number of amides is 3. The number of urea groups is 1. The molecule has 0 aliphatic carbocycles. The number of rotatable bonds is 4. The Bertz CT molecular complexity index is 429. The van der Waals surface area contributed by atoms with Gasteiger partial charge in [0.25, 0.3) is 0 Å². The molecule has 0 saturated carbocycles. The fraction of sp³-hybridized carbons (Fsp3) is 0.333. The van der Waals surface area contributed by atoms with Gasteiger partial charge in [-0.25, -0.2) is 4.79 Å². The van der Waals surface area contributed by atoms with Gasteiger partial charge in [0.05, 0.1) is 6.54 Å². The molecule has 1 aromatic carbocycles. The molecule has 5 heteroatoms. The minimum Gasteiger partial charge on any atom is -0.399 e. The highest BCUT2D eigenvalue weighted by Gasteiger charge is 2.27. The van der Waals surface area contributed by atoms with E-state index in [-0.39, 0.29) is 18.5 Å². The molecule has 3 N–H and O–H groups in total. The van der Waals surface area contributed by atoms with E-state index in [0.717, 1.165) is 24.1 Å². The first kappa shape index (κ1) is 11.4. The standard InChI is InChI=1S/C12H15N3O2/c13-10-5-1-3-9(7-10)4-2-6-15-11(16)8-14-12(15)17/h1,3,5,7H,2,4,6,8,13H2,(H,14,17). The van der Waals surface area contributed by atoms with Crippen LogP contribution in [0.15, 0.2) is 24.3 Å². The van der Waals surface area contributed by atoms with Gasteiger partial charge in [-0.2, -0.15) is 0 Å². The van der Waals surface area contributed by atoms with E-state index in [1.165, 1.54) is 4.90 Å². The lowest BCUT2D eigenvalue weighted by molar-refractivity contribution is -0.125. The molecule has 3 amide bonds. The van der Waals surface area contributed by atoms with Gasteiger partial charge >= 0.3 is 6.03 Å². The van der Waals surface area contributed by atoms with Gasteiger partial charge in [-0.1, -0.05) is 12.1 Å². The third-order valence-electron chi connectivity index (χ3n) is 2.74. The number of nitrogens with two attached hydrogens (primary N) is 1. The van der Waals surface area contributed by atoms with Crippen LogP contribution in [0.25, 0.3) is 0 Å². The first-order chi connectivity index (χ1) is 8.16. The monoisotopic (exact) mass is 233 g/mol. The summed E-state index contributed by atoms with van der Waals surface area (Å²) in [5, 5.41) is 2.49. The maximum Gasteiger partial charge on any atom is 0.324 e. The van der Waals surface area contributed by atoms with Crippen molar-refractivity contribution in [2.24, 2.45) is 0 Å². The number of nitrogens with one attached hydrogen (secondary N) is 1. The smallest absolute Gasteiger partial charge is 0.324 e. The molecule has 90 valence electrons. The van der Waals surface area contributed by atoms with Crippen LogP contribution < -0.4 is 11.1 Å². The van der Waals surface area contributed by atoms with Gasteiger partial charge in [-0.05, 0) is 30.5 Å². The second-order valence-corrected chi connectivity index (χ2v) is 4.05. The van der Waals surface area contributed by atoms with E-state index < -0.39 is 0 Å². The summed E-state index contributed by atoms with van der Waals surface area (Å²) in [6.07, 6.45) is 1.56. The summed E-state index contributed by atoms with van der Waals surface area (Å²) < 4.78 is 0. The molecule has 0 bridgehead atoms. The molecule has 5 nitrogen and oxygen atoms in total. The first-order valence-corrected chi connectivity index (χ1v) is 5.59. The van der Waals surface area contributed by atoms with E-state index in [4.69, 9.17) is 5.73 Å². The fourth-order valence-electron chi connectivity index (χ4n) is 1.87. The molecule has 17 heavy (non-hydrogen) atoms. The summed E-state index contributed by atoms with van der Waals surface area (Å²) in [6.45, 7) is 0.580.